The van der Waals surface area contributed by atoms with Gasteiger partial charge in [0.1, 0.15) is 18.0 Å². The lowest BCUT2D eigenvalue weighted by Gasteiger charge is -2.37. The summed E-state index contributed by atoms with van der Waals surface area (Å²) in [6, 6.07) is 15.4. The van der Waals surface area contributed by atoms with E-state index in [4.69, 9.17) is 9.47 Å². The number of hydrogen-bond donors (Lipinski definition) is 3. The summed E-state index contributed by atoms with van der Waals surface area (Å²) in [6.45, 7) is 1.78. The molecule has 7 heteroatoms. The van der Waals surface area contributed by atoms with E-state index in [2.05, 4.69) is 10.6 Å². The zero-order chi connectivity index (χ0) is 23.7. The molecule has 2 aromatic rings. The fourth-order valence-electron chi connectivity index (χ4n) is 5.10. The molecule has 34 heavy (non-hydrogen) atoms. The van der Waals surface area contributed by atoms with Crippen LogP contribution in [0.25, 0.3) is 0 Å². The Hall–Kier alpha value is -2.90. The minimum Gasteiger partial charge on any atom is -0.487 e. The van der Waals surface area contributed by atoms with E-state index in [9.17, 15) is 14.7 Å². The summed E-state index contributed by atoms with van der Waals surface area (Å²) in [6.07, 6.45) is 2.52. The average Bonchev–Trinajstić information content (AvgIpc) is 3.57. The van der Waals surface area contributed by atoms with Crippen molar-refractivity contribution in [2.75, 3.05) is 11.9 Å². The number of hydrogen-bond acceptors (Lipinski definition) is 5. The van der Waals surface area contributed by atoms with E-state index in [1.54, 1.807) is 0 Å². The first-order valence-electron chi connectivity index (χ1n) is 12.2. The molecule has 1 aliphatic carbocycles. The number of aliphatic hydroxyl groups excluding tert-OH is 1. The zero-order valence-electron chi connectivity index (χ0n) is 19.4. The van der Waals surface area contributed by atoms with Crippen LogP contribution in [0, 0.1) is 5.92 Å². The standard InChI is InChI=1S/C27H32N2O5/c1-16(18-5-3-2-4-6-18)28-26(32)14-20-13-22-21-12-19(29-25(31)11-17-7-8-17)9-10-23(21)34-27(22)24(15-30)33-20/h2-6,9-10,12,16-17,20,22,24,27,30H,7-8,11,13-15H2,1H3,(H,28,32)(H,29,31)/t16-,20+,22+,24+,27-/m1/s1. The second-order valence-corrected chi connectivity index (χ2v) is 9.76. The first-order chi connectivity index (χ1) is 16.5. The molecule has 3 N–H and O–H groups in total. The van der Waals surface area contributed by atoms with E-state index < -0.39 is 6.10 Å². The van der Waals surface area contributed by atoms with Crippen molar-refractivity contribution >= 4 is 17.5 Å². The number of fused-ring (bicyclic) bond motifs is 3. The molecule has 5 rings (SSSR count). The van der Waals surface area contributed by atoms with Crippen LogP contribution in [0.15, 0.2) is 48.5 Å². The molecule has 180 valence electrons. The maximum atomic E-state index is 12.8. The first kappa shape index (κ1) is 22.9. The average molecular weight is 465 g/mol. The molecule has 0 bridgehead atoms. The third-order valence-corrected chi connectivity index (χ3v) is 7.04. The van der Waals surface area contributed by atoms with Gasteiger partial charge >= 0.3 is 0 Å². The van der Waals surface area contributed by atoms with Crippen molar-refractivity contribution in [1.29, 1.82) is 0 Å². The molecule has 2 heterocycles. The Morgan fingerprint density at radius 1 is 1.09 bits per heavy atom. The summed E-state index contributed by atoms with van der Waals surface area (Å²) in [4.78, 5) is 25.0. The fraction of sp³-hybridized carbons (Fsp3) is 0.481. The van der Waals surface area contributed by atoms with Crippen molar-refractivity contribution in [1.82, 2.24) is 5.32 Å². The van der Waals surface area contributed by atoms with Crippen LogP contribution in [0.3, 0.4) is 0 Å². The highest BCUT2D eigenvalue weighted by Gasteiger charge is 2.46. The van der Waals surface area contributed by atoms with E-state index in [1.807, 2.05) is 55.5 Å². The van der Waals surface area contributed by atoms with Crippen molar-refractivity contribution in [2.24, 2.45) is 5.92 Å². The number of rotatable bonds is 8. The van der Waals surface area contributed by atoms with Gasteiger partial charge in [0.2, 0.25) is 11.8 Å². The first-order valence-corrected chi connectivity index (χ1v) is 12.2. The SMILES string of the molecule is C[C@@H](NC(=O)C[C@@H]1C[C@H]2c3cc(NC(=O)CC4CC4)ccc3O[C@H]2[C@H](CO)O1)c1ccccc1. The summed E-state index contributed by atoms with van der Waals surface area (Å²) >= 11 is 0. The van der Waals surface area contributed by atoms with Crippen LogP contribution >= 0.6 is 0 Å². The molecule has 2 amide bonds. The van der Waals surface area contributed by atoms with Crippen LogP contribution < -0.4 is 15.4 Å². The minimum absolute atomic E-state index is 0.00877. The van der Waals surface area contributed by atoms with Gasteiger partial charge in [0.25, 0.3) is 0 Å². The van der Waals surface area contributed by atoms with Crippen molar-refractivity contribution < 1.29 is 24.2 Å². The van der Waals surface area contributed by atoms with Gasteiger partial charge in [0.05, 0.1) is 25.2 Å². The van der Waals surface area contributed by atoms with Gasteiger partial charge in [-0.1, -0.05) is 30.3 Å². The Bertz CT molecular complexity index is 1040. The Morgan fingerprint density at radius 2 is 1.88 bits per heavy atom. The zero-order valence-corrected chi connectivity index (χ0v) is 19.4. The van der Waals surface area contributed by atoms with Gasteiger partial charge in [-0.05, 0) is 55.9 Å². The van der Waals surface area contributed by atoms with Crippen LogP contribution in [0.1, 0.15) is 62.1 Å². The Balaban J connectivity index is 1.25. The molecule has 5 atom stereocenters. The van der Waals surface area contributed by atoms with Crippen LogP contribution in [0.5, 0.6) is 5.75 Å². The van der Waals surface area contributed by atoms with Crippen LogP contribution in [-0.2, 0) is 14.3 Å². The molecular formula is C27H32N2O5. The number of carbonyl (C=O) groups is 2. The second-order valence-electron chi connectivity index (χ2n) is 9.76. The number of anilines is 1. The summed E-state index contributed by atoms with van der Waals surface area (Å²) in [5.74, 6) is 1.22. The van der Waals surface area contributed by atoms with Gasteiger partial charge in [0.15, 0.2) is 0 Å². The molecule has 2 aromatic carbocycles. The molecule has 1 saturated heterocycles. The van der Waals surface area contributed by atoms with Crippen molar-refractivity contribution in [3.05, 3.63) is 59.7 Å². The summed E-state index contributed by atoms with van der Waals surface area (Å²) < 4.78 is 12.2. The smallest absolute Gasteiger partial charge is 0.224 e. The molecular weight excluding hydrogens is 432 g/mol. The number of amides is 2. The molecule has 2 fully saturated rings. The van der Waals surface area contributed by atoms with E-state index in [0.29, 0.717) is 18.8 Å². The third kappa shape index (κ3) is 5.10. The molecule has 0 aromatic heterocycles. The summed E-state index contributed by atoms with van der Waals surface area (Å²) in [5, 5.41) is 16.0. The van der Waals surface area contributed by atoms with E-state index in [0.717, 1.165) is 35.4 Å². The Kier molecular flexibility index (Phi) is 6.57. The Labute approximate surface area is 199 Å². The van der Waals surface area contributed by atoms with Gasteiger partial charge in [-0.25, -0.2) is 0 Å². The van der Waals surface area contributed by atoms with Crippen LogP contribution in [0.2, 0.25) is 0 Å². The van der Waals surface area contributed by atoms with Crippen molar-refractivity contribution in [3.63, 3.8) is 0 Å². The van der Waals surface area contributed by atoms with Crippen molar-refractivity contribution in [3.8, 4) is 5.75 Å². The van der Waals surface area contributed by atoms with Crippen molar-refractivity contribution in [2.45, 2.75) is 69.3 Å². The largest absolute Gasteiger partial charge is 0.487 e. The second kappa shape index (κ2) is 9.76. The van der Waals surface area contributed by atoms with E-state index in [1.165, 1.54) is 0 Å². The maximum absolute atomic E-state index is 12.8. The number of benzene rings is 2. The highest BCUT2D eigenvalue weighted by Crippen LogP contribution is 2.47. The molecule has 2 aliphatic heterocycles. The Morgan fingerprint density at radius 3 is 2.62 bits per heavy atom. The lowest BCUT2D eigenvalue weighted by Crippen LogP contribution is -2.47. The quantitative estimate of drug-likeness (QED) is 0.554. The van der Waals surface area contributed by atoms with E-state index >= 15 is 0 Å². The van der Waals surface area contributed by atoms with Gasteiger partial charge in [-0.15, -0.1) is 0 Å². The van der Waals surface area contributed by atoms with Gasteiger partial charge < -0.3 is 25.2 Å². The minimum atomic E-state index is -0.511. The van der Waals surface area contributed by atoms with Gasteiger partial charge in [0, 0.05) is 23.6 Å². The topological polar surface area (TPSA) is 96.9 Å². The fourth-order valence-corrected chi connectivity index (χ4v) is 5.10. The maximum Gasteiger partial charge on any atom is 0.224 e. The highest BCUT2D eigenvalue weighted by atomic mass is 16.6. The van der Waals surface area contributed by atoms with E-state index in [-0.39, 0.29) is 49.0 Å². The third-order valence-electron chi connectivity index (χ3n) is 7.04. The molecule has 0 radical (unpaired) electrons. The summed E-state index contributed by atoms with van der Waals surface area (Å²) in [7, 11) is 0. The lowest BCUT2D eigenvalue weighted by molar-refractivity contribution is -0.142. The number of carbonyl (C=O) groups excluding carboxylic acids is 2. The predicted molar refractivity (Wildman–Crippen MR) is 128 cm³/mol. The predicted octanol–water partition coefficient (Wildman–Crippen LogP) is 3.69. The number of aliphatic hydroxyl groups is 1. The van der Waals surface area contributed by atoms with Gasteiger partial charge in [-0.2, -0.15) is 0 Å². The highest BCUT2D eigenvalue weighted by molar-refractivity contribution is 5.91. The number of ether oxygens (including phenoxy) is 2. The van der Waals surface area contributed by atoms with Crippen LogP contribution in [0.4, 0.5) is 5.69 Å². The monoisotopic (exact) mass is 464 g/mol. The molecule has 3 aliphatic rings. The normalized spacial score (nSPS) is 26.1. The molecule has 7 nitrogen and oxygen atoms in total. The van der Waals surface area contributed by atoms with Crippen LogP contribution in [-0.4, -0.2) is 41.8 Å². The molecule has 0 spiro atoms. The summed E-state index contributed by atoms with van der Waals surface area (Å²) in [5.41, 5.74) is 2.80. The lowest BCUT2D eigenvalue weighted by atomic mass is 9.84. The molecule has 0 unspecified atom stereocenters. The number of nitrogens with one attached hydrogen (secondary N) is 2. The molecule has 1 saturated carbocycles. The van der Waals surface area contributed by atoms with Gasteiger partial charge in [-0.3, -0.25) is 9.59 Å².